The van der Waals surface area contributed by atoms with Gasteiger partial charge in [-0.1, -0.05) is 12.1 Å². The monoisotopic (exact) mass is 327 g/mol. The Morgan fingerprint density at radius 2 is 2.17 bits per heavy atom. The molecule has 2 amide bonds. The van der Waals surface area contributed by atoms with Gasteiger partial charge in [-0.05, 0) is 43.0 Å². The van der Waals surface area contributed by atoms with Gasteiger partial charge in [0.2, 0.25) is 5.91 Å². The number of fused-ring (bicyclic) bond motifs is 1. The molecule has 128 valence electrons. The molecule has 2 atom stereocenters. The Morgan fingerprint density at radius 1 is 1.29 bits per heavy atom. The predicted molar refractivity (Wildman–Crippen MR) is 91.8 cm³/mol. The van der Waals surface area contributed by atoms with Gasteiger partial charge in [-0.25, -0.2) is 0 Å². The lowest BCUT2D eigenvalue weighted by atomic mass is 9.95. The summed E-state index contributed by atoms with van der Waals surface area (Å²) in [5, 5.41) is 3.40. The Labute approximate surface area is 143 Å². The highest BCUT2D eigenvalue weighted by molar-refractivity contribution is 5.98. The normalized spacial score (nSPS) is 26.8. The van der Waals surface area contributed by atoms with Gasteiger partial charge >= 0.3 is 0 Å². The SMILES string of the molecule is CC(=O)N1CCC(c2ccc3c(c2)CN(C2CCCNC2)C3=O)C1. The number of benzene rings is 1. The summed E-state index contributed by atoms with van der Waals surface area (Å²) in [6.07, 6.45) is 3.25. The third-order valence-corrected chi connectivity index (χ3v) is 5.78. The highest BCUT2D eigenvalue weighted by Gasteiger charge is 2.34. The fourth-order valence-electron chi connectivity index (χ4n) is 4.33. The molecule has 3 heterocycles. The van der Waals surface area contributed by atoms with Gasteiger partial charge in [-0.2, -0.15) is 0 Å². The minimum Gasteiger partial charge on any atom is -0.342 e. The van der Waals surface area contributed by atoms with Gasteiger partial charge < -0.3 is 15.1 Å². The van der Waals surface area contributed by atoms with Crippen LogP contribution in [0.2, 0.25) is 0 Å². The van der Waals surface area contributed by atoms with Crippen LogP contribution in [0.3, 0.4) is 0 Å². The van der Waals surface area contributed by atoms with Crippen LogP contribution in [0, 0.1) is 0 Å². The first kappa shape index (κ1) is 15.6. The van der Waals surface area contributed by atoms with Crippen LogP contribution >= 0.6 is 0 Å². The zero-order valence-electron chi connectivity index (χ0n) is 14.3. The number of nitrogens with one attached hydrogen (secondary N) is 1. The molecule has 0 aliphatic carbocycles. The fourth-order valence-corrected chi connectivity index (χ4v) is 4.33. The largest absolute Gasteiger partial charge is 0.342 e. The molecule has 0 aromatic heterocycles. The molecule has 0 saturated carbocycles. The highest BCUT2D eigenvalue weighted by Crippen LogP contribution is 2.32. The smallest absolute Gasteiger partial charge is 0.254 e. The first-order valence-corrected chi connectivity index (χ1v) is 9.03. The number of amides is 2. The Hall–Kier alpha value is -1.88. The maximum atomic E-state index is 12.7. The van der Waals surface area contributed by atoms with Crippen molar-refractivity contribution >= 4 is 11.8 Å². The van der Waals surface area contributed by atoms with E-state index in [0.29, 0.717) is 12.0 Å². The van der Waals surface area contributed by atoms with Gasteiger partial charge in [0.05, 0.1) is 0 Å². The second-order valence-electron chi connectivity index (χ2n) is 7.30. The molecule has 0 bridgehead atoms. The molecule has 2 fully saturated rings. The van der Waals surface area contributed by atoms with Crippen molar-refractivity contribution in [3.63, 3.8) is 0 Å². The van der Waals surface area contributed by atoms with Crippen molar-refractivity contribution in [3.05, 3.63) is 34.9 Å². The van der Waals surface area contributed by atoms with Crippen LogP contribution in [-0.4, -0.2) is 53.8 Å². The molecule has 3 aliphatic heterocycles. The van der Waals surface area contributed by atoms with E-state index >= 15 is 0 Å². The first-order valence-electron chi connectivity index (χ1n) is 9.03. The lowest BCUT2D eigenvalue weighted by molar-refractivity contribution is -0.127. The van der Waals surface area contributed by atoms with Crippen molar-refractivity contribution in [1.29, 1.82) is 0 Å². The van der Waals surface area contributed by atoms with Crippen LogP contribution in [0.1, 0.15) is 53.6 Å². The van der Waals surface area contributed by atoms with E-state index in [4.69, 9.17) is 0 Å². The average Bonchev–Trinajstić information content (AvgIpc) is 3.21. The van der Waals surface area contributed by atoms with Gasteiger partial charge in [0, 0.05) is 50.6 Å². The summed E-state index contributed by atoms with van der Waals surface area (Å²) in [6.45, 7) is 5.98. The van der Waals surface area contributed by atoms with Gasteiger partial charge in [0.25, 0.3) is 5.91 Å². The van der Waals surface area contributed by atoms with E-state index in [1.807, 2.05) is 15.9 Å². The Morgan fingerprint density at radius 3 is 2.88 bits per heavy atom. The quantitative estimate of drug-likeness (QED) is 0.900. The molecule has 2 saturated heterocycles. The Kier molecular flexibility index (Phi) is 4.04. The summed E-state index contributed by atoms with van der Waals surface area (Å²) < 4.78 is 0. The number of hydrogen-bond acceptors (Lipinski definition) is 3. The van der Waals surface area contributed by atoms with Crippen molar-refractivity contribution in [2.75, 3.05) is 26.2 Å². The number of carbonyl (C=O) groups is 2. The zero-order chi connectivity index (χ0) is 16.7. The summed E-state index contributed by atoms with van der Waals surface area (Å²) in [5.41, 5.74) is 3.30. The predicted octanol–water partition coefficient (Wildman–Crippen LogP) is 1.73. The molecule has 5 heteroatoms. The van der Waals surface area contributed by atoms with Crippen LogP contribution in [0.5, 0.6) is 0 Å². The summed E-state index contributed by atoms with van der Waals surface area (Å²) >= 11 is 0. The lowest BCUT2D eigenvalue weighted by Gasteiger charge is -2.31. The second-order valence-corrected chi connectivity index (χ2v) is 7.30. The fraction of sp³-hybridized carbons (Fsp3) is 0.579. The molecular weight excluding hydrogens is 302 g/mol. The molecule has 0 spiro atoms. The molecule has 3 aliphatic rings. The van der Waals surface area contributed by atoms with Crippen LogP contribution in [0.4, 0.5) is 0 Å². The maximum absolute atomic E-state index is 12.7. The number of rotatable bonds is 2. The summed E-state index contributed by atoms with van der Waals surface area (Å²) in [6, 6.07) is 6.62. The molecule has 1 N–H and O–H groups in total. The average molecular weight is 327 g/mol. The van der Waals surface area contributed by atoms with E-state index in [1.165, 1.54) is 5.56 Å². The molecule has 1 aromatic rings. The molecule has 24 heavy (non-hydrogen) atoms. The van der Waals surface area contributed by atoms with Crippen LogP contribution in [0.15, 0.2) is 18.2 Å². The summed E-state index contributed by atoms with van der Waals surface area (Å²) in [4.78, 5) is 28.2. The third-order valence-electron chi connectivity index (χ3n) is 5.78. The van der Waals surface area contributed by atoms with Crippen molar-refractivity contribution in [2.24, 2.45) is 0 Å². The minimum atomic E-state index is 0.157. The molecule has 2 unspecified atom stereocenters. The van der Waals surface area contributed by atoms with Crippen LogP contribution < -0.4 is 5.32 Å². The molecule has 5 nitrogen and oxygen atoms in total. The first-order chi connectivity index (χ1) is 11.6. The number of carbonyl (C=O) groups excluding carboxylic acids is 2. The standard InChI is InChI=1S/C19H25N3O2/c1-13(23)21-8-6-15(11-21)14-4-5-18-16(9-14)12-22(19(18)24)17-3-2-7-20-10-17/h4-5,9,15,17,20H,2-3,6-8,10-12H2,1H3. The van der Waals surface area contributed by atoms with Crippen molar-refractivity contribution < 1.29 is 9.59 Å². The lowest BCUT2D eigenvalue weighted by Crippen LogP contribution is -2.46. The van der Waals surface area contributed by atoms with Crippen LogP contribution in [-0.2, 0) is 11.3 Å². The van der Waals surface area contributed by atoms with Crippen molar-refractivity contribution in [1.82, 2.24) is 15.1 Å². The van der Waals surface area contributed by atoms with E-state index < -0.39 is 0 Å². The van der Waals surface area contributed by atoms with Gasteiger partial charge in [-0.3, -0.25) is 9.59 Å². The summed E-state index contributed by atoms with van der Waals surface area (Å²) in [5.74, 6) is 0.742. The van der Waals surface area contributed by atoms with E-state index in [0.717, 1.165) is 63.1 Å². The number of piperidine rings is 1. The number of hydrogen-bond donors (Lipinski definition) is 1. The van der Waals surface area contributed by atoms with Crippen molar-refractivity contribution in [2.45, 2.75) is 44.7 Å². The summed E-state index contributed by atoms with van der Waals surface area (Å²) in [7, 11) is 0. The highest BCUT2D eigenvalue weighted by atomic mass is 16.2. The van der Waals surface area contributed by atoms with E-state index in [1.54, 1.807) is 6.92 Å². The van der Waals surface area contributed by atoms with Gasteiger partial charge in [0.15, 0.2) is 0 Å². The third kappa shape index (κ3) is 2.71. The molecular formula is C19H25N3O2. The molecule has 0 radical (unpaired) electrons. The Balaban J connectivity index is 1.51. The topological polar surface area (TPSA) is 52.7 Å². The maximum Gasteiger partial charge on any atom is 0.254 e. The number of nitrogens with zero attached hydrogens (tertiary/aromatic N) is 2. The second kappa shape index (κ2) is 6.20. The zero-order valence-corrected chi connectivity index (χ0v) is 14.3. The number of likely N-dealkylation sites (tertiary alicyclic amines) is 1. The van der Waals surface area contributed by atoms with Gasteiger partial charge in [0.1, 0.15) is 0 Å². The Bertz CT molecular complexity index is 667. The molecule has 4 rings (SSSR count). The molecule has 1 aromatic carbocycles. The van der Waals surface area contributed by atoms with E-state index in [-0.39, 0.29) is 11.8 Å². The van der Waals surface area contributed by atoms with E-state index in [2.05, 4.69) is 17.4 Å². The van der Waals surface area contributed by atoms with E-state index in [9.17, 15) is 9.59 Å². The minimum absolute atomic E-state index is 0.157. The van der Waals surface area contributed by atoms with Crippen LogP contribution in [0.25, 0.3) is 0 Å². The van der Waals surface area contributed by atoms with Crippen molar-refractivity contribution in [3.8, 4) is 0 Å². The van der Waals surface area contributed by atoms with Gasteiger partial charge in [-0.15, -0.1) is 0 Å².